The molecule has 7 heteroatoms. The second kappa shape index (κ2) is 11.6. The number of benzene rings is 3. The second-order valence-electron chi connectivity index (χ2n) is 7.30. The van der Waals surface area contributed by atoms with Crippen molar-refractivity contribution in [1.29, 1.82) is 0 Å². The Labute approximate surface area is 197 Å². The summed E-state index contributed by atoms with van der Waals surface area (Å²) in [6, 6.07) is 22.8. The summed E-state index contributed by atoms with van der Waals surface area (Å²) < 4.78 is 5.81. The predicted molar refractivity (Wildman–Crippen MR) is 130 cm³/mol. The van der Waals surface area contributed by atoms with E-state index < -0.39 is 0 Å². The predicted octanol–water partition coefficient (Wildman–Crippen LogP) is 5.63. The Morgan fingerprint density at radius 1 is 0.938 bits per heavy atom. The number of carbonyl (C=O) groups excluding carboxylic acids is 2. The second-order valence-corrected chi connectivity index (χ2v) is 8.79. The van der Waals surface area contributed by atoms with Crippen molar-refractivity contribution in [3.05, 3.63) is 88.9 Å². The zero-order valence-electron chi connectivity index (χ0n) is 18.0. The van der Waals surface area contributed by atoms with Gasteiger partial charge in [-0.2, -0.15) is 0 Å². The molecule has 0 saturated heterocycles. The monoisotopic (exact) mass is 468 g/mol. The molecule has 0 spiro atoms. The summed E-state index contributed by atoms with van der Waals surface area (Å²) in [6.07, 6.45) is 0. The Kier molecular flexibility index (Phi) is 8.59. The van der Waals surface area contributed by atoms with Crippen LogP contribution in [0.25, 0.3) is 0 Å². The number of halogens is 1. The first-order chi connectivity index (χ1) is 15.4. The largest absolute Gasteiger partial charge is 0.489 e. The van der Waals surface area contributed by atoms with E-state index in [1.807, 2.05) is 72.8 Å². The first-order valence-electron chi connectivity index (χ1n) is 10.1. The van der Waals surface area contributed by atoms with Crippen LogP contribution in [0.1, 0.15) is 18.1 Å². The highest BCUT2D eigenvalue weighted by atomic mass is 35.5. The van der Waals surface area contributed by atoms with E-state index in [0.717, 1.165) is 27.5 Å². The van der Waals surface area contributed by atoms with Crippen molar-refractivity contribution in [2.75, 3.05) is 18.1 Å². The molecule has 5 nitrogen and oxygen atoms in total. The molecule has 0 fully saturated rings. The van der Waals surface area contributed by atoms with Crippen LogP contribution in [0.2, 0.25) is 5.02 Å². The number of hydrogen-bond donors (Lipinski definition) is 1. The van der Waals surface area contributed by atoms with Gasteiger partial charge in [-0.15, -0.1) is 11.8 Å². The molecule has 32 heavy (non-hydrogen) atoms. The van der Waals surface area contributed by atoms with Gasteiger partial charge in [-0.25, -0.2) is 0 Å². The van der Waals surface area contributed by atoms with Gasteiger partial charge in [-0.3, -0.25) is 9.59 Å². The van der Waals surface area contributed by atoms with Crippen molar-refractivity contribution >= 4 is 40.9 Å². The van der Waals surface area contributed by atoms with Crippen molar-refractivity contribution in [2.45, 2.75) is 25.0 Å². The molecule has 0 aliphatic carbocycles. The minimum atomic E-state index is -0.108. The van der Waals surface area contributed by atoms with Gasteiger partial charge >= 0.3 is 0 Å². The van der Waals surface area contributed by atoms with E-state index >= 15 is 0 Å². The number of ether oxygens (including phenoxy) is 1. The Balaban J connectivity index is 1.44. The fourth-order valence-electron chi connectivity index (χ4n) is 2.89. The van der Waals surface area contributed by atoms with Crippen molar-refractivity contribution in [1.82, 2.24) is 4.90 Å². The Morgan fingerprint density at radius 2 is 1.56 bits per heavy atom. The molecule has 0 saturated carbocycles. The fourth-order valence-corrected chi connectivity index (χ4v) is 3.86. The van der Waals surface area contributed by atoms with E-state index in [9.17, 15) is 9.59 Å². The van der Waals surface area contributed by atoms with Crippen LogP contribution in [0.15, 0.2) is 77.7 Å². The lowest BCUT2D eigenvalue weighted by Crippen LogP contribution is -2.27. The molecule has 0 unspecified atom stereocenters. The standard InChI is InChI=1S/C25H25ClN2O3S/c1-18(29)27-22-9-13-24(14-10-22)32-17-25(30)28(2)15-19-5-11-23(12-6-19)31-16-20-3-7-21(26)8-4-20/h3-14H,15-17H2,1-2H3,(H,27,29). The van der Waals surface area contributed by atoms with Gasteiger partial charge in [0, 0.05) is 36.1 Å². The molecular weight excluding hydrogens is 444 g/mol. The maximum absolute atomic E-state index is 12.5. The fraction of sp³-hybridized carbons (Fsp3) is 0.200. The topological polar surface area (TPSA) is 58.6 Å². The summed E-state index contributed by atoms with van der Waals surface area (Å²) in [4.78, 5) is 26.3. The minimum Gasteiger partial charge on any atom is -0.489 e. The summed E-state index contributed by atoms with van der Waals surface area (Å²) in [5.74, 6) is 1.06. The van der Waals surface area contributed by atoms with E-state index in [2.05, 4.69) is 5.32 Å². The van der Waals surface area contributed by atoms with Crippen LogP contribution in [-0.2, 0) is 22.7 Å². The smallest absolute Gasteiger partial charge is 0.232 e. The maximum Gasteiger partial charge on any atom is 0.232 e. The number of rotatable bonds is 9. The van der Waals surface area contributed by atoms with Crippen molar-refractivity contribution < 1.29 is 14.3 Å². The molecule has 3 aromatic carbocycles. The molecular formula is C25H25ClN2O3S. The summed E-state index contributed by atoms with van der Waals surface area (Å²) in [6.45, 7) is 2.47. The molecule has 0 aliphatic rings. The third-order valence-corrected chi connectivity index (χ3v) is 5.87. The van der Waals surface area contributed by atoms with E-state index in [1.54, 1.807) is 11.9 Å². The van der Waals surface area contributed by atoms with E-state index in [0.29, 0.717) is 23.9 Å². The third-order valence-electron chi connectivity index (χ3n) is 4.62. The lowest BCUT2D eigenvalue weighted by molar-refractivity contribution is -0.127. The van der Waals surface area contributed by atoms with Crippen molar-refractivity contribution in [3.63, 3.8) is 0 Å². The van der Waals surface area contributed by atoms with E-state index in [-0.39, 0.29) is 11.8 Å². The summed E-state index contributed by atoms with van der Waals surface area (Å²) in [5, 5.41) is 3.43. The molecule has 3 aromatic rings. The van der Waals surface area contributed by atoms with Gasteiger partial charge in [0.05, 0.1) is 5.75 Å². The molecule has 0 heterocycles. The Morgan fingerprint density at radius 3 is 2.19 bits per heavy atom. The quantitative estimate of drug-likeness (QED) is 0.413. The minimum absolute atomic E-state index is 0.0454. The highest BCUT2D eigenvalue weighted by Crippen LogP contribution is 2.21. The molecule has 2 amide bonds. The van der Waals surface area contributed by atoms with Gasteiger partial charge in [0.15, 0.2) is 0 Å². The number of thioether (sulfide) groups is 1. The number of amides is 2. The summed E-state index contributed by atoms with van der Waals surface area (Å²) in [7, 11) is 1.80. The zero-order valence-corrected chi connectivity index (χ0v) is 19.6. The van der Waals surface area contributed by atoms with Crippen LogP contribution in [0, 0.1) is 0 Å². The molecule has 0 radical (unpaired) electrons. The lowest BCUT2D eigenvalue weighted by Gasteiger charge is -2.17. The summed E-state index contributed by atoms with van der Waals surface area (Å²) >= 11 is 7.37. The van der Waals surface area contributed by atoms with Gasteiger partial charge in [0.1, 0.15) is 12.4 Å². The van der Waals surface area contributed by atoms with Crippen LogP contribution in [0.3, 0.4) is 0 Å². The van der Waals surface area contributed by atoms with Crippen LogP contribution in [0.5, 0.6) is 5.75 Å². The molecule has 3 rings (SSSR count). The third kappa shape index (κ3) is 7.62. The molecule has 0 atom stereocenters. The van der Waals surface area contributed by atoms with Crippen LogP contribution in [0.4, 0.5) is 5.69 Å². The maximum atomic E-state index is 12.5. The normalized spacial score (nSPS) is 10.5. The van der Waals surface area contributed by atoms with Crippen LogP contribution in [-0.4, -0.2) is 29.5 Å². The zero-order chi connectivity index (χ0) is 22.9. The average Bonchev–Trinajstić information content (AvgIpc) is 2.78. The Hall–Kier alpha value is -2.96. The van der Waals surface area contributed by atoms with Crippen LogP contribution < -0.4 is 10.1 Å². The molecule has 1 N–H and O–H groups in total. The molecule has 0 bridgehead atoms. The van der Waals surface area contributed by atoms with Crippen LogP contribution >= 0.6 is 23.4 Å². The van der Waals surface area contributed by atoms with E-state index in [4.69, 9.17) is 16.3 Å². The highest BCUT2D eigenvalue weighted by Gasteiger charge is 2.10. The van der Waals surface area contributed by atoms with Gasteiger partial charge < -0.3 is 15.0 Å². The van der Waals surface area contributed by atoms with Gasteiger partial charge in [0.25, 0.3) is 0 Å². The van der Waals surface area contributed by atoms with Gasteiger partial charge in [-0.1, -0.05) is 35.9 Å². The van der Waals surface area contributed by atoms with Gasteiger partial charge in [-0.05, 0) is 59.7 Å². The number of carbonyl (C=O) groups is 2. The molecule has 0 aliphatic heterocycles. The lowest BCUT2D eigenvalue weighted by atomic mass is 10.2. The molecule has 166 valence electrons. The highest BCUT2D eigenvalue weighted by molar-refractivity contribution is 8.00. The first-order valence-corrected chi connectivity index (χ1v) is 11.5. The van der Waals surface area contributed by atoms with E-state index in [1.165, 1.54) is 18.7 Å². The number of nitrogens with one attached hydrogen (secondary N) is 1. The first kappa shape index (κ1) is 23.7. The van der Waals surface area contributed by atoms with Crippen molar-refractivity contribution in [3.8, 4) is 5.75 Å². The number of hydrogen-bond acceptors (Lipinski definition) is 4. The Bertz CT molecular complexity index is 1040. The summed E-state index contributed by atoms with van der Waals surface area (Å²) in [5.41, 5.74) is 2.82. The average molecular weight is 469 g/mol. The molecule has 0 aromatic heterocycles. The van der Waals surface area contributed by atoms with Gasteiger partial charge in [0.2, 0.25) is 11.8 Å². The SMILES string of the molecule is CC(=O)Nc1ccc(SCC(=O)N(C)Cc2ccc(OCc3ccc(Cl)cc3)cc2)cc1. The number of anilines is 1. The number of nitrogens with zero attached hydrogens (tertiary/aromatic N) is 1. The van der Waals surface area contributed by atoms with Crippen molar-refractivity contribution in [2.24, 2.45) is 0 Å².